The van der Waals surface area contributed by atoms with Crippen molar-refractivity contribution in [1.82, 2.24) is 4.98 Å². The van der Waals surface area contributed by atoms with Crippen LogP contribution in [0.15, 0.2) is 17.1 Å². The predicted octanol–water partition coefficient (Wildman–Crippen LogP) is 4.39. The van der Waals surface area contributed by atoms with E-state index in [2.05, 4.69) is 37.0 Å². The Bertz CT molecular complexity index is 659. The van der Waals surface area contributed by atoms with E-state index >= 15 is 0 Å². The van der Waals surface area contributed by atoms with Gasteiger partial charge in [0.05, 0.1) is 31.8 Å². The Morgan fingerprint density at radius 2 is 2.00 bits per heavy atom. The van der Waals surface area contributed by atoms with Gasteiger partial charge in [-0.25, -0.2) is 4.98 Å². The molecule has 1 aromatic heterocycles. The van der Waals surface area contributed by atoms with E-state index < -0.39 is 0 Å². The van der Waals surface area contributed by atoms with E-state index in [0.29, 0.717) is 0 Å². The maximum Gasteiger partial charge on any atom is 0.0992 e. The summed E-state index contributed by atoms with van der Waals surface area (Å²) in [6.07, 6.45) is 0. The van der Waals surface area contributed by atoms with Gasteiger partial charge in [-0.1, -0.05) is 20.8 Å². The summed E-state index contributed by atoms with van der Waals surface area (Å²) in [4.78, 5) is 10.9. The Kier molecular flexibility index (Phi) is 3.72. The van der Waals surface area contributed by atoms with Crippen LogP contribution in [-0.2, 0) is 5.41 Å². The molecule has 2 rings (SSSR count). The second kappa shape index (κ2) is 5.00. The van der Waals surface area contributed by atoms with Crippen LogP contribution in [0.25, 0.3) is 10.2 Å². The zero-order valence-corrected chi connectivity index (χ0v) is 13.4. The zero-order chi connectivity index (χ0) is 14.2. The number of fused-ring (bicyclic) bond motifs is 1. The highest BCUT2D eigenvalue weighted by molar-refractivity contribution is 7.78. The summed E-state index contributed by atoms with van der Waals surface area (Å²) >= 11 is 6.43. The molecule has 100 valence electrons. The molecule has 0 saturated heterocycles. The van der Waals surface area contributed by atoms with E-state index in [9.17, 15) is 0 Å². The molecule has 0 bridgehead atoms. The average Bonchev–Trinajstić information content (AvgIpc) is 2.70. The highest BCUT2D eigenvalue weighted by Gasteiger charge is 2.19. The normalized spacial score (nSPS) is 11.4. The van der Waals surface area contributed by atoms with Crippen LogP contribution in [0.4, 0.5) is 11.4 Å². The quantitative estimate of drug-likeness (QED) is 0.606. The number of anilines is 1. The molecular formula is C14H17N3S2. The Morgan fingerprint density at radius 1 is 1.32 bits per heavy atom. The van der Waals surface area contributed by atoms with Gasteiger partial charge in [-0.2, -0.15) is 4.99 Å². The lowest BCUT2D eigenvalue weighted by molar-refractivity contribution is 0.587. The average molecular weight is 291 g/mol. The van der Waals surface area contributed by atoms with Crippen LogP contribution >= 0.6 is 23.6 Å². The number of isothiocyanates is 1. The summed E-state index contributed by atoms with van der Waals surface area (Å²) in [5.74, 6) is 0. The molecule has 0 spiro atoms. The monoisotopic (exact) mass is 291 g/mol. The second-order valence-corrected chi connectivity index (χ2v) is 6.89. The molecule has 0 aliphatic carbocycles. The van der Waals surface area contributed by atoms with Gasteiger partial charge in [0.2, 0.25) is 0 Å². The number of hydrogen-bond acceptors (Lipinski definition) is 5. The molecule has 0 saturated carbocycles. The fraction of sp³-hybridized carbons (Fsp3) is 0.429. The first-order valence-corrected chi connectivity index (χ1v) is 7.25. The molecule has 0 aliphatic heterocycles. The predicted molar refractivity (Wildman–Crippen MR) is 87.3 cm³/mol. The van der Waals surface area contributed by atoms with Crippen LogP contribution in [0.1, 0.15) is 25.8 Å². The SMILES string of the molecule is CN(C)c1cc2nc(C(C)(C)C)sc2cc1N=C=S. The summed E-state index contributed by atoms with van der Waals surface area (Å²) in [6.45, 7) is 6.52. The summed E-state index contributed by atoms with van der Waals surface area (Å²) in [6, 6.07) is 4.10. The molecule has 0 radical (unpaired) electrons. The molecule has 0 amide bonds. The molecule has 5 heteroatoms. The molecule has 0 aliphatic rings. The number of aromatic nitrogens is 1. The summed E-state index contributed by atoms with van der Waals surface area (Å²) in [5, 5.41) is 3.58. The number of nitrogens with zero attached hydrogens (tertiary/aromatic N) is 3. The Hall–Kier alpha value is -1.29. The highest BCUT2D eigenvalue weighted by Crippen LogP contribution is 2.37. The Labute approximate surface area is 123 Å². The second-order valence-electron chi connectivity index (χ2n) is 5.68. The van der Waals surface area contributed by atoms with Gasteiger partial charge in [0, 0.05) is 19.5 Å². The minimum Gasteiger partial charge on any atom is -0.376 e. The lowest BCUT2D eigenvalue weighted by Gasteiger charge is -2.14. The van der Waals surface area contributed by atoms with Gasteiger partial charge in [0.15, 0.2) is 0 Å². The number of benzene rings is 1. The fourth-order valence-corrected chi connectivity index (χ4v) is 2.91. The highest BCUT2D eigenvalue weighted by atomic mass is 32.1. The molecule has 1 heterocycles. The largest absolute Gasteiger partial charge is 0.376 e. The molecule has 1 aromatic carbocycles. The molecule has 0 N–H and O–H groups in total. The number of thiazole rings is 1. The molecular weight excluding hydrogens is 274 g/mol. The van der Waals surface area contributed by atoms with Gasteiger partial charge in [0.25, 0.3) is 0 Å². The van der Waals surface area contributed by atoms with Gasteiger partial charge >= 0.3 is 0 Å². The van der Waals surface area contributed by atoms with Gasteiger partial charge in [-0.05, 0) is 24.4 Å². The zero-order valence-electron chi connectivity index (χ0n) is 11.8. The van der Waals surface area contributed by atoms with Crippen LogP contribution in [-0.4, -0.2) is 24.2 Å². The standard InChI is InChI=1S/C14H17N3S2/c1-14(2,3)13-16-10-6-11(17(4)5)9(15-8-18)7-12(10)19-13/h6-7H,1-5H3. The van der Waals surface area contributed by atoms with Crippen molar-refractivity contribution in [2.45, 2.75) is 26.2 Å². The van der Waals surface area contributed by atoms with Crippen LogP contribution in [0.5, 0.6) is 0 Å². The van der Waals surface area contributed by atoms with E-state index in [0.717, 1.165) is 26.6 Å². The van der Waals surface area contributed by atoms with Crippen LogP contribution in [0, 0.1) is 0 Å². The van der Waals surface area contributed by atoms with E-state index in [-0.39, 0.29) is 5.41 Å². The van der Waals surface area contributed by atoms with Gasteiger partial charge in [-0.3, -0.25) is 0 Å². The first-order chi connectivity index (χ1) is 8.82. The van der Waals surface area contributed by atoms with Crippen molar-refractivity contribution in [3.8, 4) is 0 Å². The van der Waals surface area contributed by atoms with Crippen LogP contribution in [0.3, 0.4) is 0 Å². The van der Waals surface area contributed by atoms with Crippen molar-refractivity contribution in [2.24, 2.45) is 4.99 Å². The molecule has 0 fully saturated rings. The minimum absolute atomic E-state index is 0.0650. The minimum atomic E-state index is 0.0650. The summed E-state index contributed by atoms with van der Waals surface area (Å²) in [7, 11) is 3.97. The van der Waals surface area contributed by atoms with Gasteiger partial charge in [0.1, 0.15) is 0 Å². The molecule has 3 nitrogen and oxygen atoms in total. The third kappa shape index (κ3) is 2.84. The third-order valence-corrected chi connectivity index (χ3v) is 4.31. The number of rotatable bonds is 2. The van der Waals surface area contributed by atoms with Crippen LogP contribution < -0.4 is 4.90 Å². The van der Waals surface area contributed by atoms with Gasteiger partial charge in [-0.15, -0.1) is 11.3 Å². The Balaban J connectivity index is 2.69. The number of hydrogen-bond donors (Lipinski definition) is 0. The summed E-state index contributed by atoms with van der Waals surface area (Å²) in [5.41, 5.74) is 2.93. The van der Waals surface area contributed by atoms with Crippen molar-refractivity contribution in [1.29, 1.82) is 0 Å². The van der Waals surface area contributed by atoms with E-state index in [1.54, 1.807) is 11.3 Å². The van der Waals surface area contributed by atoms with Crippen molar-refractivity contribution in [3.05, 3.63) is 17.1 Å². The first kappa shape index (κ1) is 14.1. The van der Waals surface area contributed by atoms with Crippen molar-refractivity contribution < 1.29 is 0 Å². The van der Waals surface area contributed by atoms with Crippen molar-refractivity contribution in [3.63, 3.8) is 0 Å². The molecule has 0 unspecified atom stereocenters. The number of aliphatic imine (C=N–C) groups is 1. The smallest absolute Gasteiger partial charge is 0.0992 e. The van der Waals surface area contributed by atoms with E-state index in [1.165, 1.54) is 0 Å². The fourth-order valence-electron chi connectivity index (χ4n) is 1.77. The lowest BCUT2D eigenvalue weighted by Crippen LogP contribution is -2.10. The third-order valence-electron chi connectivity index (χ3n) is 2.77. The topological polar surface area (TPSA) is 28.5 Å². The van der Waals surface area contributed by atoms with E-state index in [1.807, 2.05) is 25.1 Å². The van der Waals surface area contributed by atoms with Crippen molar-refractivity contribution in [2.75, 3.05) is 19.0 Å². The first-order valence-electron chi connectivity index (χ1n) is 6.03. The lowest BCUT2D eigenvalue weighted by atomic mass is 9.98. The van der Waals surface area contributed by atoms with Crippen LogP contribution in [0.2, 0.25) is 0 Å². The number of thiocarbonyl (C=S) groups is 1. The van der Waals surface area contributed by atoms with Crippen molar-refractivity contribution >= 4 is 50.3 Å². The molecule has 0 atom stereocenters. The summed E-state index contributed by atoms with van der Waals surface area (Å²) < 4.78 is 1.14. The Morgan fingerprint density at radius 3 is 2.53 bits per heavy atom. The van der Waals surface area contributed by atoms with Gasteiger partial charge < -0.3 is 4.90 Å². The molecule has 2 aromatic rings. The maximum absolute atomic E-state index is 4.73. The van der Waals surface area contributed by atoms with E-state index in [4.69, 9.17) is 17.2 Å². The molecule has 19 heavy (non-hydrogen) atoms. The maximum atomic E-state index is 4.73.